The molecule has 18 heavy (non-hydrogen) atoms. The van der Waals surface area contributed by atoms with E-state index in [4.69, 9.17) is 9.47 Å². The minimum Gasteiger partial charge on any atom is -0.497 e. The molecule has 0 amide bonds. The molecule has 100 valence electrons. The summed E-state index contributed by atoms with van der Waals surface area (Å²) in [5, 5.41) is 10.1. The molecule has 0 saturated carbocycles. The number of hydrogen-bond donors (Lipinski definition) is 1. The van der Waals surface area contributed by atoms with Crippen molar-refractivity contribution in [1.29, 1.82) is 0 Å². The molecule has 0 spiro atoms. The maximum Gasteiger partial charge on any atom is 0.118 e. The number of methoxy groups -OCH3 is 1. The van der Waals surface area contributed by atoms with Crippen LogP contribution in [0.1, 0.15) is 18.1 Å². The SMILES string of the molecule is COc1ccc(C(O)CCN2CCOCC2)cc1. The number of morpholine rings is 1. The van der Waals surface area contributed by atoms with Gasteiger partial charge in [-0.05, 0) is 24.1 Å². The summed E-state index contributed by atoms with van der Waals surface area (Å²) in [7, 11) is 1.64. The molecule has 1 N–H and O–H groups in total. The van der Waals surface area contributed by atoms with Crippen LogP contribution in [0, 0.1) is 0 Å². The second-order valence-corrected chi connectivity index (χ2v) is 4.53. The van der Waals surface area contributed by atoms with Crippen molar-refractivity contribution in [2.75, 3.05) is 40.0 Å². The lowest BCUT2D eigenvalue weighted by atomic mass is 10.1. The van der Waals surface area contributed by atoms with Crippen LogP contribution >= 0.6 is 0 Å². The molecule has 1 aliphatic heterocycles. The Labute approximate surface area is 108 Å². The van der Waals surface area contributed by atoms with E-state index < -0.39 is 6.10 Å². The Balaban J connectivity index is 1.80. The minimum absolute atomic E-state index is 0.404. The topological polar surface area (TPSA) is 41.9 Å². The first-order chi connectivity index (χ1) is 8.79. The third kappa shape index (κ3) is 3.70. The molecule has 1 fully saturated rings. The molecule has 1 saturated heterocycles. The van der Waals surface area contributed by atoms with Gasteiger partial charge in [0.15, 0.2) is 0 Å². The monoisotopic (exact) mass is 251 g/mol. The standard InChI is InChI=1S/C14H21NO3/c1-17-13-4-2-12(3-5-13)14(16)6-7-15-8-10-18-11-9-15/h2-5,14,16H,6-11H2,1H3. The quantitative estimate of drug-likeness (QED) is 0.860. The Morgan fingerprint density at radius 2 is 1.94 bits per heavy atom. The summed E-state index contributed by atoms with van der Waals surface area (Å²) in [5.74, 6) is 0.819. The van der Waals surface area contributed by atoms with Crippen LogP contribution in [0.2, 0.25) is 0 Å². The van der Waals surface area contributed by atoms with Crippen molar-refractivity contribution in [2.45, 2.75) is 12.5 Å². The van der Waals surface area contributed by atoms with Crippen LogP contribution in [0.3, 0.4) is 0 Å². The van der Waals surface area contributed by atoms with Gasteiger partial charge in [-0.2, -0.15) is 0 Å². The summed E-state index contributed by atoms with van der Waals surface area (Å²) < 4.78 is 10.4. The van der Waals surface area contributed by atoms with Crippen LogP contribution in [0.4, 0.5) is 0 Å². The van der Waals surface area contributed by atoms with Crippen LogP contribution in [-0.4, -0.2) is 50.0 Å². The molecule has 0 bridgehead atoms. The molecule has 1 atom stereocenters. The predicted molar refractivity (Wildman–Crippen MR) is 69.8 cm³/mol. The zero-order chi connectivity index (χ0) is 12.8. The third-order valence-electron chi connectivity index (χ3n) is 3.32. The summed E-state index contributed by atoms with van der Waals surface area (Å²) in [5.41, 5.74) is 0.948. The van der Waals surface area contributed by atoms with Gasteiger partial charge in [0.05, 0.1) is 26.4 Å². The molecule has 0 aliphatic carbocycles. The van der Waals surface area contributed by atoms with E-state index in [1.807, 2.05) is 24.3 Å². The number of aliphatic hydroxyl groups excluding tert-OH is 1. The van der Waals surface area contributed by atoms with Gasteiger partial charge in [-0.15, -0.1) is 0 Å². The molecule has 1 aromatic rings. The number of benzene rings is 1. The summed E-state index contributed by atoms with van der Waals surface area (Å²) >= 11 is 0. The van der Waals surface area contributed by atoms with Gasteiger partial charge in [0.1, 0.15) is 5.75 Å². The fourth-order valence-corrected chi connectivity index (χ4v) is 2.12. The fraction of sp³-hybridized carbons (Fsp3) is 0.571. The molecule has 0 aromatic heterocycles. The molecular weight excluding hydrogens is 230 g/mol. The number of hydrogen-bond acceptors (Lipinski definition) is 4. The van der Waals surface area contributed by atoms with Crippen molar-refractivity contribution >= 4 is 0 Å². The highest BCUT2D eigenvalue weighted by Gasteiger charge is 2.13. The van der Waals surface area contributed by atoms with Crippen molar-refractivity contribution in [3.05, 3.63) is 29.8 Å². The molecule has 1 heterocycles. The van der Waals surface area contributed by atoms with Crippen molar-refractivity contribution < 1.29 is 14.6 Å². The first-order valence-electron chi connectivity index (χ1n) is 6.41. The second kappa shape index (κ2) is 6.73. The highest BCUT2D eigenvalue weighted by Crippen LogP contribution is 2.20. The number of nitrogens with zero attached hydrogens (tertiary/aromatic N) is 1. The zero-order valence-corrected chi connectivity index (χ0v) is 10.8. The lowest BCUT2D eigenvalue weighted by Crippen LogP contribution is -2.37. The van der Waals surface area contributed by atoms with E-state index >= 15 is 0 Å². The van der Waals surface area contributed by atoms with Crippen LogP contribution in [0.25, 0.3) is 0 Å². The summed E-state index contributed by atoms with van der Waals surface area (Å²) in [6, 6.07) is 7.60. The van der Waals surface area contributed by atoms with E-state index in [-0.39, 0.29) is 0 Å². The Bertz CT molecular complexity index is 347. The lowest BCUT2D eigenvalue weighted by Gasteiger charge is -2.27. The number of ether oxygens (including phenoxy) is 2. The van der Waals surface area contributed by atoms with Crippen LogP contribution in [0.15, 0.2) is 24.3 Å². The summed E-state index contributed by atoms with van der Waals surface area (Å²) in [4.78, 5) is 2.33. The largest absolute Gasteiger partial charge is 0.497 e. The number of rotatable bonds is 5. The average molecular weight is 251 g/mol. The van der Waals surface area contributed by atoms with E-state index in [1.54, 1.807) is 7.11 Å². The molecule has 1 aliphatic rings. The van der Waals surface area contributed by atoms with Crippen molar-refractivity contribution in [3.8, 4) is 5.75 Å². The molecule has 1 aromatic carbocycles. The Hall–Kier alpha value is -1.10. The van der Waals surface area contributed by atoms with E-state index in [0.29, 0.717) is 0 Å². The van der Waals surface area contributed by atoms with E-state index in [9.17, 15) is 5.11 Å². The Morgan fingerprint density at radius 3 is 2.56 bits per heavy atom. The van der Waals surface area contributed by atoms with Gasteiger partial charge >= 0.3 is 0 Å². The molecule has 4 nitrogen and oxygen atoms in total. The molecule has 0 radical (unpaired) electrons. The maximum absolute atomic E-state index is 10.1. The van der Waals surface area contributed by atoms with Crippen LogP contribution < -0.4 is 4.74 Å². The van der Waals surface area contributed by atoms with Gasteiger partial charge in [0, 0.05) is 19.6 Å². The van der Waals surface area contributed by atoms with Gasteiger partial charge in [-0.3, -0.25) is 4.90 Å². The van der Waals surface area contributed by atoms with Crippen LogP contribution in [-0.2, 0) is 4.74 Å². The highest BCUT2D eigenvalue weighted by atomic mass is 16.5. The highest BCUT2D eigenvalue weighted by molar-refractivity contribution is 5.28. The lowest BCUT2D eigenvalue weighted by molar-refractivity contribution is 0.0300. The van der Waals surface area contributed by atoms with Gasteiger partial charge in [-0.1, -0.05) is 12.1 Å². The van der Waals surface area contributed by atoms with E-state index in [0.717, 1.165) is 50.6 Å². The third-order valence-corrected chi connectivity index (χ3v) is 3.32. The molecule has 2 rings (SSSR count). The predicted octanol–water partition coefficient (Wildman–Crippen LogP) is 1.45. The van der Waals surface area contributed by atoms with Crippen molar-refractivity contribution in [3.63, 3.8) is 0 Å². The average Bonchev–Trinajstić information content (AvgIpc) is 2.46. The summed E-state index contributed by atoms with van der Waals surface area (Å²) in [6.45, 7) is 4.46. The first kappa shape index (κ1) is 13.3. The van der Waals surface area contributed by atoms with Crippen LogP contribution in [0.5, 0.6) is 5.75 Å². The minimum atomic E-state index is -0.404. The summed E-state index contributed by atoms with van der Waals surface area (Å²) in [6.07, 6.45) is 0.352. The van der Waals surface area contributed by atoms with E-state index in [2.05, 4.69) is 4.90 Å². The normalized spacial score (nSPS) is 18.6. The molecule has 4 heteroatoms. The van der Waals surface area contributed by atoms with Gasteiger partial charge in [-0.25, -0.2) is 0 Å². The Kier molecular flexibility index (Phi) is 4.99. The zero-order valence-electron chi connectivity index (χ0n) is 10.8. The van der Waals surface area contributed by atoms with Gasteiger partial charge in [0.25, 0.3) is 0 Å². The smallest absolute Gasteiger partial charge is 0.118 e. The second-order valence-electron chi connectivity index (χ2n) is 4.53. The number of aliphatic hydroxyl groups is 1. The van der Waals surface area contributed by atoms with Gasteiger partial charge in [0.2, 0.25) is 0 Å². The van der Waals surface area contributed by atoms with Crippen molar-refractivity contribution in [1.82, 2.24) is 4.90 Å². The molecular formula is C14H21NO3. The first-order valence-corrected chi connectivity index (χ1v) is 6.41. The Morgan fingerprint density at radius 1 is 1.28 bits per heavy atom. The maximum atomic E-state index is 10.1. The molecule has 1 unspecified atom stereocenters. The van der Waals surface area contributed by atoms with E-state index in [1.165, 1.54) is 0 Å². The van der Waals surface area contributed by atoms with Gasteiger partial charge < -0.3 is 14.6 Å². The fourth-order valence-electron chi connectivity index (χ4n) is 2.12. The van der Waals surface area contributed by atoms with Crippen molar-refractivity contribution in [2.24, 2.45) is 0 Å².